The number of carbonyl (C=O) groups is 1. The summed E-state index contributed by atoms with van der Waals surface area (Å²) in [5, 5.41) is 6.40. The van der Waals surface area contributed by atoms with Crippen molar-refractivity contribution in [1.29, 1.82) is 0 Å². The minimum Gasteiger partial charge on any atom is -0.378 e. The molecule has 1 aromatic carbocycles. The Morgan fingerprint density at radius 1 is 1.14 bits per heavy atom. The van der Waals surface area contributed by atoms with Gasteiger partial charge in [0.1, 0.15) is 0 Å². The Morgan fingerprint density at radius 3 is 2.57 bits per heavy atom. The van der Waals surface area contributed by atoms with E-state index in [2.05, 4.69) is 17.2 Å². The van der Waals surface area contributed by atoms with E-state index >= 15 is 0 Å². The van der Waals surface area contributed by atoms with Crippen LogP contribution in [0.15, 0.2) is 36.9 Å². The summed E-state index contributed by atoms with van der Waals surface area (Å²) in [4.78, 5) is 14.3. The lowest BCUT2D eigenvalue weighted by Gasteiger charge is -2.32. The zero-order valence-corrected chi connectivity index (χ0v) is 17.4. The Kier molecular flexibility index (Phi) is 10.7. The first-order valence-corrected chi connectivity index (χ1v) is 10.7. The van der Waals surface area contributed by atoms with Crippen molar-refractivity contribution in [3.63, 3.8) is 0 Å². The highest BCUT2D eigenvalue weighted by Crippen LogP contribution is 2.16. The second-order valence-corrected chi connectivity index (χ2v) is 7.59. The molecule has 1 aliphatic rings. The third-order valence-electron chi connectivity index (χ3n) is 5.16. The molecule has 0 aliphatic carbocycles. The second kappa shape index (κ2) is 13.3. The van der Waals surface area contributed by atoms with Crippen LogP contribution < -0.4 is 10.6 Å². The Hall–Kier alpha value is -1.85. The summed E-state index contributed by atoms with van der Waals surface area (Å²) < 4.78 is 6.02. The van der Waals surface area contributed by atoms with E-state index in [1.165, 1.54) is 24.8 Å². The van der Waals surface area contributed by atoms with Crippen LogP contribution in [0.3, 0.4) is 0 Å². The van der Waals surface area contributed by atoms with Crippen LogP contribution in [0.25, 0.3) is 0 Å². The summed E-state index contributed by atoms with van der Waals surface area (Å²) in [6.07, 6.45) is 9.97. The molecule has 2 rings (SSSR count). The average Bonchev–Trinajstić information content (AvgIpc) is 2.71. The molecule has 5 heteroatoms. The van der Waals surface area contributed by atoms with E-state index in [4.69, 9.17) is 4.74 Å². The van der Waals surface area contributed by atoms with E-state index in [1.54, 1.807) is 0 Å². The zero-order valence-electron chi connectivity index (χ0n) is 17.4. The van der Waals surface area contributed by atoms with Crippen molar-refractivity contribution in [3.05, 3.63) is 42.5 Å². The minimum atomic E-state index is -0.0102. The van der Waals surface area contributed by atoms with Crippen LogP contribution in [0, 0.1) is 6.92 Å². The molecule has 1 saturated heterocycles. The van der Waals surface area contributed by atoms with Crippen LogP contribution in [-0.4, -0.2) is 49.8 Å². The van der Waals surface area contributed by atoms with Crippen molar-refractivity contribution in [3.8, 4) is 0 Å². The minimum absolute atomic E-state index is 0.0102. The molecular weight excluding hydrogens is 350 g/mol. The van der Waals surface area contributed by atoms with Gasteiger partial charge in [0.25, 0.3) is 0 Å². The number of rotatable bonds is 12. The monoisotopic (exact) mass is 387 g/mol. The summed E-state index contributed by atoms with van der Waals surface area (Å²) in [5.74, 6) is 0. The van der Waals surface area contributed by atoms with Gasteiger partial charge >= 0.3 is 6.03 Å². The Morgan fingerprint density at radius 2 is 1.86 bits per heavy atom. The molecule has 2 N–H and O–H groups in total. The lowest BCUT2D eigenvalue weighted by Crippen LogP contribution is -2.43. The Balaban J connectivity index is 1.48. The predicted octanol–water partition coefficient (Wildman–Crippen LogP) is 4.73. The van der Waals surface area contributed by atoms with E-state index < -0.39 is 0 Å². The van der Waals surface area contributed by atoms with Gasteiger partial charge < -0.3 is 20.3 Å². The fourth-order valence-electron chi connectivity index (χ4n) is 3.35. The van der Waals surface area contributed by atoms with Gasteiger partial charge in [0.2, 0.25) is 0 Å². The van der Waals surface area contributed by atoms with Crippen molar-refractivity contribution >= 4 is 11.7 Å². The fourth-order valence-corrected chi connectivity index (χ4v) is 3.35. The quantitative estimate of drug-likeness (QED) is 0.402. The highest BCUT2D eigenvalue weighted by molar-refractivity contribution is 5.89. The number of hydrogen-bond donors (Lipinski definition) is 2. The summed E-state index contributed by atoms with van der Waals surface area (Å²) in [7, 11) is 0. The summed E-state index contributed by atoms with van der Waals surface area (Å²) >= 11 is 0. The van der Waals surface area contributed by atoms with Gasteiger partial charge in [0.05, 0.1) is 6.10 Å². The maximum absolute atomic E-state index is 12.4. The van der Waals surface area contributed by atoms with Gasteiger partial charge in [-0.25, -0.2) is 4.79 Å². The van der Waals surface area contributed by atoms with Gasteiger partial charge in [-0.15, -0.1) is 6.58 Å². The second-order valence-electron chi connectivity index (χ2n) is 7.59. The van der Waals surface area contributed by atoms with Crippen LogP contribution in [0.2, 0.25) is 0 Å². The number of unbranched alkanes of at least 4 members (excludes halogenated alkanes) is 3. The number of ether oxygens (including phenoxy) is 1. The third-order valence-corrected chi connectivity index (χ3v) is 5.16. The number of piperidine rings is 1. The van der Waals surface area contributed by atoms with Gasteiger partial charge in [-0.2, -0.15) is 0 Å². The maximum atomic E-state index is 12.4. The van der Waals surface area contributed by atoms with E-state index in [9.17, 15) is 4.79 Å². The number of anilines is 1. The first-order chi connectivity index (χ1) is 13.7. The molecule has 2 amide bonds. The number of benzene rings is 1. The van der Waals surface area contributed by atoms with Crippen LogP contribution in [0.4, 0.5) is 10.5 Å². The smallest absolute Gasteiger partial charge is 0.321 e. The summed E-state index contributed by atoms with van der Waals surface area (Å²) in [6, 6.07) is 7.90. The summed E-state index contributed by atoms with van der Waals surface area (Å²) in [5.41, 5.74) is 2.04. The van der Waals surface area contributed by atoms with Crippen molar-refractivity contribution < 1.29 is 9.53 Å². The molecular formula is C23H37N3O2. The number of carbonyl (C=O) groups excluding carboxylic acids is 1. The number of aryl methyl sites for hydroxylation is 1. The Labute approximate surface area is 170 Å². The fraction of sp³-hybridized carbons (Fsp3) is 0.609. The molecule has 0 radical (unpaired) electrons. The number of likely N-dealkylation sites (tertiary alicyclic amines) is 1. The van der Waals surface area contributed by atoms with E-state index in [1.807, 2.05) is 42.2 Å². The lowest BCUT2D eigenvalue weighted by molar-refractivity contribution is 0.0141. The van der Waals surface area contributed by atoms with Crippen LogP contribution >= 0.6 is 0 Å². The molecule has 1 fully saturated rings. The number of hydrogen-bond acceptors (Lipinski definition) is 3. The Bertz CT molecular complexity index is 566. The van der Waals surface area contributed by atoms with Crippen molar-refractivity contribution in [1.82, 2.24) is 10.2 Å². The lowest BCUT2D eigenvalue weighted by atomic mass is 10.1. The van der Waals surface area contributed by atoms with Crippen molar-refractivity contribution in [2.75, 3.05) is 38.1 Å². The van der Waals surface area contributed by atoms with Crippen LogP contribution in [-0.2, 0) is 4.74 Å². The maximum Gasteiger partial charge on any atom is 0.321 e. The van der Waals surface area contributed by atoms with E-state index in [0.29, 0.717) is 6.10 Å². The van der Waals surface area contributed by atoms with Crippen LogP contribution in [0.1, 0.15) is 50.5 Å². The van der Waals surface area contributed by atoms with Crippen molar-refractivity contribution in [2.24, 2.45) is 0 Å². The summed E-state index contributed by atoms with van der Waals surface area (Å²) in [6.45, 7) is 10.3. The highest BCUT2D eigenvalue weighted by atomic mass is 16.5. The van der Waals surface area contributed by atoms with Gasteiger partial charge in [0, 0.05) is 25.4 Å². The topological polar surface area (TPSA) is 53.6 Å². The highest BCUT2D eigenvalue weighted by Gasteiger charge is 2.23. The molecule has 0 unspecified atom stereocenters. The van der Waals surface area contributed by atoms with Gasteiger partial charge in [-0.05, 0) is 64.3 Å². The molecule has 0 atom stereocenters. The van der Waals surface area contributed by atoms with E-state index in [-0.39, 0.29) is 6.03 Å². The first-order valence-electron chi connectivity index (χ1n) is 10.7. The predicted molar refractivity (Wildman–Crippen MR) is 117 cm³/mol. The van der Waals surface area contributed by atoms with E-state index in [0.717, 1.165) is 64.2 Å². The standard InChI is InChI=1S/C23H37N3O2/c1-3-4-15-24-16-7-5-6-8-19-28-22-13-17-26(18-14-22)23(27)25-21-11-9-20(2)10-12-21/h3,9-12,22,24H,1,4-8,13-19H2,2H3,(H,25,27). The third kappa shape index (κ3) is 8.89. The van der Waals surface area contributed by atoms with Gasteiger partial charge in [-0.1, -0.05) is 36.6 Å². The number of nitrogens with zero attached hydrogens (tertiary/aromatic N) is 1. The largest absolute Gasteiger partial charge is 0.378 e. The SMILES string of the molecule is C=CCCNCCCCCCOC1CCN(C(=O)Nc2ccc(C)cc2)CC1. The number of urea groups is 1. The molecule has 1 aromatic rings. The van der Waals surface area contributed by atoms with Crippen LogP contribution in [0.5, 0.6) is 0 Å². The van der Waals surface area contributed by atoms with Crippen molar-refractivity contribution in [2.45, 2.75) is 58.0 Å². The number of amides is 2. The first kappa shape index (κ1) is 22.4. The molecule has 156 valence electrons. The molecule has 0 saturated carbocycles. The normalized spacial score (nSPS) is 14.8. The molecule has 1 heterocycles. The molecule has 0 aromatic heterocycles. The zero-order chi connectivity index (χ0) is 20.0. The van der Waals surface area contributed by atoms with Gasteiger partial charge in [0.15, 0.2) is 0 Å². The molecule has 5 nitrogen and oxygen atoms in total. The average molecular weight is 388 g/mol. The molecule has 1 aliphatic heterocycles. The molecule has 0 spiro atoms. The molecule has 0 bridgehead atoms. The number of nitrogens with one attached hydrogen (secondary N) is 2. The molecule has 28 heavy (non-hydrogen) atoms. The van der Waals surface area contributed by atoms with Gasteiger partial charge in [-0.3, -0.25) is 0 Å².